The average Bonchev–Trinajstić information content (AvgIpc) is 2.12. The number of hydrogen-bond donors (Lipinski definition) is 1. The van der Waals surface area contributed by atoms with E-state index < -0.39 is 0 Å². The molecule has 0 saturated heterocycles. The zero-order valence-electron chi connectivity index (χ0n) is 7.08. The number of fused-ring (bicyclic) bond motifs is 1. The summed E-state index contributed by atoms with van der Waals surface area (Å²) in [4.78, 5) is 3.95. The molecule has 1 aromatic carbocycles. The second kappa shape index (κ2) is 2.64. The minimum absolute atomic E-state index is 0.0495. The number of phenolic OH excluding ortho intramolecular Hbond substituents is 1. The minimum Gasteiger partial charge on any atom is -0.506 e. The lowest BCUT2D eigenvalue weighted by Crippen LogP contribution is -1.78. The van der Waals surface area contributed by atoms with Crippen LogP contribution in [0.5, 0.6) is 5.75 Å². The van der Waals surface area contributed by atoms with E-state index in [1.165, 1.54) is 18.3 Å². The summed E-state index contributed by atoms with van der Waals surface area (Å²) in [5, 5.41) is 10.3. The van der Waals surface area contributed by atoms with Crippen molar-refractivity contribution in [3.05, 3.63) is 35.5 Å². The first-order valence-corrected chi connectivity index (χ1v) is 3.81. The number of rotatable bonds is 0. The molecule has 0 spiro atoms. The minimum atomic E-state index is 0.0495. The highest BCUT2D eigenvalue weighted by Gasteiger charge is 2.02. The Bertz CT molecular complexity index is 464. The molecule has 0 unspecified atom stereocenters. The van der Waals surface area contributed by atoms with Gasteiger partial charge < -0.3 is 5.11 Å². The molecule has 12 heavy (non-hydrogen) atoms. The van der Waals surface area contributed by atoms with Crippen LogP contribution in [-0.2, 0) is 0 Å². The first-order valence-electron chi connectivity index (χ1n) is 3.93. The van der Waals surface area contributed by atoms with Crippen molar-refractivity contribution in [2.24, 2.45) is 0 Å². The molecular weight excluding hydrogens is 174 g/mol. The van der Waals surface area contributed by atoms with Gasteiger partial charge >= 0.3 is 0 Å². The van der Waals surface area contributed by atoms with Crippen molar-refractivity contribution in [3.63, 3.8) is 0 Å². The van der Waals surface area contributed by atoms with Gasteiger partial charge in [-0.25, -0.2) is 0 Å². The molecule has 0 fully saturated rings. The van der Waals surface area contributed by atoms with Crippen LogP contribution >= 0.6 is 11.6 Å². The van der Waals surface area contributed by atoms with Crippen LogP contribution in [0.1, 0.15) is 1.37 Å². The van der Waals surface area contributed by atoms with Crippen LogP contribution in [0.3, 0.4) is 0 Å². The van der Waals surface area contributed by atoms with E-state index >= 15 is 0 Å². The predicted molar refractivity (Wildman–Crippen MR) is 48.4 cm³/mol. The quantitative estimate of drug-likeness (QED) is 0.676. The topological polar surface area (TPSA) is 33.1 Å². The summed E-state index contributed by atoms with van der Waals surface area (Å²) in [5.41, 5.74) is 0.375. The van der Waals surface area contributed by atoms with Gasteiger partial charge in [0.1, 0.15) is 11.3 Å². The van der Waals surface area contributed by atoms with E-state index in [0.29, 0.717) is 15.9 Å². The third kappa shape index (κ3) is 1.01. The maximum Gasteiger partial charge on any atom is 0.141 e. The highest BCUT2D eigenvalue weighted by atomic mass is 35.5. The zero-order chi connectivity index (χ0) is 9.42. The molecule has 2 aromatic rings. The van der Waals surface area contributed by atoms with Gasteiger partial charge in [-0.3, -0.25) is 4.98 Å². The number of benzene rings is 1. The Morgan fingerprint density at radius 2 is 2.33 bits per heavy atom. The third-order valence-corrected chi connectivity index (χ3v) is 1.93. The molecule has 2 rings (SSSR count). The van der Waals surface area contributed by atoms with Crippen molar-refractivity contribution >= 4 is 22.5 Å². The smallest absolute Gasteiger partial charge is 0.141 e. The van der Waals surface area contributed by atoms with Crippen LogP contribution in [-0.4, -0.2) is 10.1 Å². The maximum atomic E-state index is 9.42. The number of phenols is 1. The van der Waals surface area contributed by atoms with Gasteiger partial charge in [-0.2, -0.15) is 0 Å². The van der Waals surface area contributed by atoms with E-state index in [-0.39, 0.29) is 11.8 Å². The summed E-state index contributed by atoms with van der Waals surface area (Å²) in [6.45, 7) is 0. The summed E-state index contributed by atoms with van der Waals surface area (Å²) >= 11 is 5.86. The Kier molecular flexibility index (Phi) is 1.38. The Labute approximate surface area is 75.8 Å². The highest BCUT2D eigenvalue weighted by Crippen LogP contribution is 2.28. The molecule has 3 heteroatoms. The van der Waals surface area contributed by atoms with Crippen molar-refractivity contribution in [3.8, 4) is 5.75 Å². The van der Waals surface area contributed by atoms with Crippen LogP contribution < -0.4 is 0 Å². The third-order valence-electron chi connectivity index (χ3n) is 1.61. The fourth-order valence-corrected chi connectivity index (χ4v) is 1.26. The fraction of sp³-hybridized carbons (Fsp3) is 0. The number of nitrogens with zero attached hydrogens (tertiary/aromatic N) is 1. The van der Waals surface area contributed by atoms with Gasteiger partial charge in [-0.15, -0.1) is 0 Å². The molecule has 0 bridgehead atoms. The van der Waals surface area contributed by atoms with Gasteiger partial charge in [-0.1, -0.05) is 11.6 Å². The van der Waals surface area contributed by atoms with Crippen molar-refractivity contribution in [1.82, 2.24) is 4.98 Å². The van der Waals surface area contributed by atoms with Crippen molar-refractivity contribution in [2.75, 3.05) is 0 Å². The standard InChI is InChI=1S/C9H6ClNO/c10-7-3-4-8(12)9-6(7)2-1-5-11-9/h1-5,12H/i2D. The van der Waals surface area contributed by atoms with E-state index in [0.717, 1.165) is 0 Å². The van der Waals surface area contributed by atoms with E-state index in [2.05, 4.69) is 4.98 Å². The average molecular weight is 181 g/mol. The van der Waals surface area contributed by atoms with Gasteiger partial charge in [0.2, 0.25) is 0 Å². The summed E-state index contributed by atoms with van der Waals surface area (Å²) in [7, 11) is 0. The molecule has 1 heterocycles. The van der Waals surface area contributed by atoms with Crippen LogP contribution in [0.15, 0.2) is 30.4 Å². The van der Waals surface area contributed by atoms with Crippen LogP contribution in [0.4, 0.5) is 0 Å². The van der Waals surface area contributed by atoms with Gasteiger partial charge in [0.25, 0.3) is 0 Å². The Morgan fingerprint density at radius 1 is 1.50 bits per heavy atom. The number of halogens is 1. The number of pyridine rings is 1. The van der Waals surface area contributed by atoms with Crippen molar-refractivity contribution in [1.29, 1.82) is 0 Å². The second-order valence-electron chi connectivity index (χ2n) is 2.38. The molecule has 0 aliphatic rings. The summed E-state index contributed by atoms with van der Waals surface area (Å²) in [6, 6.07) is 4.83. The lowest BCUT2D eigenvalue weighted by atomic mass is 10.2. The van der Waals surface area contributed by atoms with Gasteiger partial charge in [0, 0.05) is 11.6 Å². The normalized spacial score (nSPS) is 11.6. The summed E-state index contributed by atoms with van der Waals surface area (Å²) < 4.78 is 7.57. The van der Waals surface area contributed by atoms with Gasteiger partial charge in [0.15, 0.2) is 0 Å². The highest BCUT2D eigenvalue weighted by molar-refractivity contribution is 6.35. The Balaban J connectivity index is 3.00. The molecule has 0 saturated carbocycles. The van der Waals surface area contributed by atoms with E-state index in [9.17, 15) is 5.11 Å². The molecule has 2 nitrogen and oxygen atoms in total. The Morgan fingerprint density at radius 3 is 3.08 bits per heavy atom. The molecule has 1 N–H and O–H groups in total. The van der Waals surface area contributed by atoms with Crippen LogP contribution in [0.25, 0.3) is 10.9 Å². The molecule has 1 aromatic heterocycles. The van der Waals surface area contributed by atoms with Gasteiger partial charge in [0.05, 0.1) is 6.39 Å². The lowest BCUT2D eigenvalue weighted by molar-refractivity contribution is 0.480. The fourth-order valence-electron chi connectivity index (χ4n) is 1.06. The summed E-state index contributed by atoms with van der Waals surface area (Å²) in [5.74, 6) is 0.0495. The summed E-state index contributed by atoms with van der Waals surface area (Å²) in [6.07, 6.45) is 1.47. The van der Waals surface area contributed by atoms with E-state index in [4.69, 9.17) is 13.0 Å². The first-order chi connectivity index (χ1) is 6.20. The second-order valence-corrected chi connectivity index (χ2v) is 2.79. The largest absolute Gasteiger partial charge is 0.506 e. The number of aromatic hydroxyl groups is 1. The number of aromatic nitrogens is 1. The monoisotopic (exact) mass is 180 g/mol. The number of hydrogen-bond acceptors (Lipinski definition) is 2. The van der Waals surface area contributed by atoms with Crippen LogP contribution in [0, 0.1) is 0 Å². The molecule has 0 amide bonds. The molecule has 0 aliphatic carbocycles. The van der Waals surface area contributed by atoms with Crippen molar-refractivity contribution < 1.29 is 6.48 Å². The van der Waals surface area contributed by atoms with Crippen LogP contribution in [0.2, 0.25) is 5.02 Å². The molecular formula is C9H6ClNO. The van der Waals surface area contributed by atoms with Crippen molar-refractivity contribution in [2.45, 2.75) is 0 Å². The lowest BCUT2D eigenvalue weighted by Gasteiger charge is -2.00. The predicted octanol–water partition coefficient (Wildman–Crippen LogP) is 2.59. The van der Waals surface area contributed by atoms with E-state index in [1.807, 2.05) is 0 Å². The molecule has 0 atom stereocenters. The van der Waals surface area contributed by atoms with E-state index in [1.54, 1.807) is 6.07 Å². The van der Waals surface area contributed by atoms with Gasteiger partial charge in [-0.05, 0) is 24.2 Å². The SMILES string of the molecule is [2H]c1ccnc2c(O)ccc(Cl)c12. The maximum absolute atomic E-state index is 9.42. The first kappa shape index (κ1) is 6.26. The zero-order valence-corrected chi connectivity index (χ0v) is 6.84. The molecule has 0 radical (unpaired) electrons. The Hall–Kier alpha value is -1.28. The molecule has 60 valence electrons. The molecule has 0 aliphatic heterocycles.